The number of hydrogen-bond donors (Lipinski definition) is 2. The highest BCUT2D eigenvalue weighted by Crippen LogP contribution is 1.79. The van der Waals surface area contributed by atoms with Crippen LogP contribution in [0.2, 0.25) is 0 Å². The van der Waals surface area contributed by atoms with Crippen LogP contribution in [0.1, 0.15) is 0 Å². The lowest BCUT2D eigenvalue weighted by Gasteiger charge is -1.84. The molecule has 0 aromatic carbocycles. The van der Waals surface area contributed by atoms with Gasteiger partial charge in [-0.1, -0.05) is 0 Å². The predicted molar refractivity (Wildman–Crippen MR) is 35.8 cm³/mol. The number of carboxylic acid groups (broad SMARTS) is 2. The van der Waals surface area contributed by atoms with Crippen LogP contribution in [0.25, 0.3) is 0 Å². The van der Waals surface area contributed by atoms with Gasteiger partial charge in [-0.25, -0.2) is 9.59 Å². The molecule has 0 unspecified atom stereocenters. The molecule has 0 amide bonds. The molecule has 0 radical (unpaired) electrons. The van der Waals surface area contributed by atoms with Crippen molar-refractivity contribution in [2.45, 2.75) is 0 Å². The molecular weight excluding hydrogens is 168 g/mol. The van der Waals surface area contributed by atoms with Gasteiger partial charge >= 0.3 is 12.3 Å². The third kappa shape index (κ3) is 8.02. The highest BCUT2D eigenvalue weighted by atomic mass is 16.7. The van der Waals surface area contributed by atoms with Crippen molar-refractivity contribution in [2.75, 3.05) is 0 Å². The van der Waals surface area contributed by atoms with Crippen LogP contribution in [0.4, 0.5) is 9.59 Å². The number of furan rings is 1. The Labute approximate surface area is 67.0 Å². The summed E-state index contributed by atoms with van der Waals surface area (Å²) in [6, 6.07) is 3.67. The Balaban J connectivity index is 0.000000211. The van der Waals surface area contributed by atoms with Crippen molar-refractivity contribution < 1.29 is 29.0 Å². The van der Waals surface area contributed by atoms with Gasteiger partial charge in [0.05, 0.1) is 12.5 Å². The van der Waals surface area contributed by atoms with Crippen molar-refractivity contribution in [3.8, 4) is 0 Å². The maximum atomic E-state index is 9.21. The van der Waals surface area contributed by atoms with E-state index in [0.717, 1.165) is 0 Å². The second kappa shape index (κ2) is 5.78. The Morgan fingerprint density at radius 3 is 1.58 bits per heavy atom. The van der Waals surface area contributed by atoms with Gasteiger partial charge in [-0.15, -0.1) is 0 Å². The van der Waals surface area contributed by atoms with E-state index in [4.69, 9.17) is 10.2 Å². The summed E-state index contributed by atoms with van der Waals surface area (Å²) in [5, 5.41) is 15.0. The lowest BCUT2D eigenvalue weighted by atomic mass is 10.7. The lowest BCUT2D eigenvalue weighted by Crippen LogP contribution is -2.05. The van der Waals surface area contributed by atoms with Crippen LogP contribution in [-0.2, 0) is 4.74 Å². The molecule has 1 aromatic heterocycles. The summed E-state index contributed by atoms with van der Waals surface area (Å²) >= 11 is 0. The standard InChI is InChI=1S/C4H4O.C2H2O5/c1-2-4-5-3-1;3-1(4)7-2(5)6/h1-4H;(H,3,4)(H,5,6). The van der Waals surface area contributed by atoms with Gasteiger partial charge in [0.25, 0.3) is 0 Å². The van der Waals surface area contributed by atoms with Gasteiger partial charge in [0.15, 0.2) is 0 Å². The molecule has 0 atom stereocenters. The molecule has 0 fully saturated rings. The number of carbonyl (C=O) groups is 2. The molecule has 66 valence electrons. The summed E-state index contributed by atoms with van der Waals surface area (Å²) in [4.78, 5) is 18.4. The normalized spacial score (nSPS) is 7.67. The highest BCUT2D eigenvalue weighted by Gasteiger charge is 2.01. The van der Waals surface area contributed by atoms with Crippen molar-refractivity contribution in [3.63, 3.8) is 0 Å². The Bertz CT molecular complexity index is 197. The molecule has 0 saturated heterocycles. The van der Waals surface area contributed by atoms with Crippen molar-refractivity contribution in [3.05, 3.63) is 24.7 Å². The van der Waals surface area contributed by atoms with E-state index < -0.39 is 12.3 Å². The zero-order valence-corrected chi connectivity index (χ0v) is 5.84. The number of ether oxygens (including phenoxy) is 1. The average molecular weight is 174 g/mol. The minimum Gasteiger partial charge on any atom is -0.473 e. The van der Waals surface area contributed by atoms with Gasteiger partial charge in [-0.2, -0.15) is 0 Å². The zero-order valence-electron chi connectivity index (χ0n) is 5.84. The minimum absolute atomic E-state index is 1.62. The molecule has 12 heavy (non-hydrogen) atoms. The SMILES string of the molecule is O=C(O)OC(=O)O.c1ccoc1. The van der Waals surface area contributed by atoms with Gasteiger partial charge in [0.1, 0.15) is 0 Å². The largest absolute Gasteiger partial charge is 0.516 e. The van der Waals surface area contributed by atoms with Crippen molar-refractivity contribution >= 4 is 12.3 Å². The summed E-state index contributed by atoms with van der Waals surface area (Å²) in [6.07, 6.45) is -0.375. The molecular formula is C6H6O6. The molecule has 1 aromatic rings. The zero-order chi connectivity index (χ0) is 9.40. The maximum absolute atomic E-state index is 9.21. The third-order valence-electron chi connectivity index (χ3n) is 0.600. The van der Waals surface area contributed by atoms with Crippen LogP contribution >= 0.6 is 0 Å². The molecule has 0 saturated carbocycles. The van der Waals surface area contributed by atoms with E-state index in [0.29, 0.717) is 0 Å². The Morgan fingerprint density at radius 2 is 1.50 bits per heavy atom. The van der Waals surface area contributed by atoms with E-state index >= 15 is 0 Å². The van der Waals surface area contributed by atoms with Crippen LogP contribution < -0.4 is 0 Å². The Hall–Kier alpha value is -1.98. The van der Waals surface area contributed by atoms with E-state index in [1.54, 1.807) is 12.5 Å². The Morgan fingerprint density at radius 1 is 1.08 bits per heavy atom. The first kappa shape index (κ1) is 10.0. The van der Waals surface area contributed by atoms with Crippen LogP contribution in [0.15, 0.2) is 29.1 Å². The highest BCUT2D eigenvalue weighted by molar-refractivity contribution is 5.74. The smallest absolute Gasteiger partial charge is 0.473 e. The van der Waals surface area contributed by atoms with E-state index in [-0.39, 0.29) is 0 Å². The quantitative estimate of drug-likeness (QED) is 0.458. The lowest BCUT2D eigenvalue weighted by molar-refractivity contribution is 0.0802. The second-order valence-corrected chi connectivity index (χ2v) is 1.43. The fraction of sp³-hybridized carbons (Fsp3) is 0. The molecule has 0 bridgehead atoms. The van der Waals surface area contributed by atoms with Gasteiger partial charge in [-0.3, -0.25) is 0 Å². The first-order chi connectivity index (χ1) is 5.63. The number of hydrogen-bond acceptors (Lipinski definition) is 4. The predicted octanol–water partition coefficient (Wildman–Crippen LogP) is 1.64. The first-order valence-electron chi connectivity index (χ1n) is 2.74. The summed E-state index contributed by atoms with van der Waals surface area (Å²) in [5.74, 6) is 0. The van der Waals surface area contributed by atoms with Crippen molar-refractivity contribution in [1.29, 1.82) is 0 Å². The van der Waals surface area contributed by atoms with E-state index in [1.807, 2.05) is 12.1 Å². The van der Waals surface area contributed by atoms with E-state index in [2.05, 4.69) is 9.15 Å². The van der Waals surface area contributed by atoms with Crippen LogP contribution in [0.5, 0.6) is 0 Å². The first-order valence-corrected chi connectivity index (χ1v) is 2.74. The molecule has 0 spiro atoms. The van der Waals surface area contributed by atoms with Gasteiger partial charge in [-0.05, 0) is 12.1 Å². The number of rotatable bonds is 0. The molecule has 6 nitrogen and oxygen atoms in total. The van der Waals surface area contributed by atoms with Crippen molar-refractivity contribution in [1.82, 2.24) is 0 Å². The molecule has 0 aliphatic heterocycles. The third-order valence-corrected chi connectivity index (χ3v) is 0.600. The van der Waals surface area contributed by atoms with E-state index in [9.17, 15) is 9.59 Å². The molecule has 1 heterocycles. The van der Waals surface area contributed by atoms with Crippen LogP contribution in [-0.4, -0.2) is 22.5 Å². The monoisotopic (exact) mass is 174 g/mol. The summed E-state index contributed by atoms with van der Waals surface area (Å²) < 4.78 is 7.67. The summed E-state index contributed by atoms with van der Waals surface area (Å²) in [5.41, 5.74) is 0. The minimum atomic E-state index is -1.81. The molecule has 2 N–H and O–H groups in total. The molecule has 1 rings (SSSR count). The van der Waals surface area contributed by atoms with Gasteiger partial charge in [0, 0.05) is 0 Å². The van der Waals surface area contributed by atoms with Crippen molar-refractivity contribution in [2.24, 2.45) is 0 Å². The second-order valence-electron chi connectivity index (χ2n) is 1.43. The van der Waals surface area contributed by atoms with Crippen LogP contribution in [0.3, 0.4) is 0 Å². The average Bonchev–Trinajstić information content (AvgIpc) is 2.36. The topological polar surface area (TPSA) is 97.0 Å². The summed E-state index contributed by atoms with van der Waals surface area (Å²) in [6.45, 7) is 0. The maximum Gasteiger partial charge on any atom is 0.516 e. The fourth-order valence-corrected chi connectivity index (χ4v) is 0.301. The molecule has 0 aliphatic carbocycles. The Kier molecular flexibility index (Phi) is 4.83. The van der Waals surface area contributed by atoms with Gasteiger partial charge < -0.3 is 19.4 Å². The van der Waals surface area contributed by atoms with Crippen LogP contribution in [0, 0.1) is 0 Å². The fourth-order valence-electron chi connectivity index (χ4n) is 0.301. The van der Waals surface area contributed by atoms with E-state index in [1.165, 1.54) is 0 Å². The molecule has 6 heteroatoms. The van der Waals surface area contributed by atoms with Gasteiger partial charge in [0.2, 0.25) is 0 Å². The summed E-state index contributed by atoms with van der Waals surface area (Å²) in [7, 11) is 0. The molecule has 0 aliphatic rings.